The van der Waals surface area contributed by atoms with Gasteiger partial charge in [0, 0.05) is 24.9 Å². The summed E-state index contributed by atoms with van der Waals surface area (Å²) >= 11 is 1.56. The van der Waals surface area contributed by atoms with Gasteiger partial charge in [-0.3, -0.25) is 4.79 Å². The lowest BCUT2D eigenvalue weighted by Crippen LogP contribution is -2.20. The molecule has 5 nitrogen and oxygen atoms in total. The average Bonchev–Trinajstić information content (AvgIpc) is 3.19. The van der Waals surface area contributed by atoms with Gasteiger partial charge in [0.2, 0.25) is 11.8 Å². The summed E-state index contributed by atoms with van der Waals surface area (Å²) < 4.78 is 6.83. The maximum Gasteiger partial charge on any atom is 0.244 e. The predicted octanol–water partition coefficient (Wildman–Crippen LogP) is 4.60. The van der Waals surface area contributed by atoms with E-state index in [9.17, 15) is 4.79 Å². The number of nitrogens with zero attached hydrogens (tertiary/aromatic N) is 2. The van der Waals surface area contributed by atoms with E-state index in [0.717, 1.165) is 26.4 Å². The zero-order valence-electron chi connectivity index (χ0n) is 15.6. The topological polar surface area (TPSA) is 64.1 Å². The molecule has 1 N–H and O–H groups in total. The largest absolute Gasteiger partial charge is 0.473 e. The van der Waals surface area contributed by atoms with E-state index < -0.39 is 0 Å². The summed E-state index contributed by atoms with van der Waals surface area (Å²) in [5.41, 5.74) is 2.94. The van der Waals surface area contributed by atoms with Crippen molar-refractivity contribution < 1.29 is 9.53 Å². The van der Waals surface area contributed by atoms with Gasteiger partial charge in [0.05, 0.1) is 10.2 Å². The van der Waals surface area contributed by atoms with Crippen molar-refractivity contribution in [3.63, 3.8) is 0 Å². The summed E-state index contributed by atoms with van der Waals surface area (Å²) in [7, 11) is 0. The smallest absolute Gasteiger partial charge is 0.244 e. The molecule has 4 aromatic rings. The highest BCUT2D eigenvalue weighted by Gasteiger charge is 2.03. The van der Waals surface area contributed by atoms with Crippen LogP contribution in [0.15, 0.2) is 79.0 Å². The number of amides is 1. The van der Waals surface area contributed by atoms with Gasteiger partial charge >= 0.3 is 0 Å². The van der Waals surface area contributed by atoms with Crippen LogP contribution in [0.1, 0.15) is 16.1 Å². The molecule has 0 spiro atoms. The summed E-state index contributed by atoms with van der Waals surface area (Å²) in [6, 6.07) is 21.5. The predicted molar refractivity (Wildman–Crippen MR) is 116 cm³/mol. The molecule has 144 valence electrons. The van der Waals surface area contributed by atoms with Crippen LogP contribution in [0.5, 0.6) is 5.88 Å². The highest BCUT2D eigenvalue weighted by atomic mass is 32.1. The molecule has 2 heterocycles. The molecule has 4 rings (SSSR count). The Morgan fingerprint density at radius 2 is 1.86 bits per heavy atom. The van der Waals surface area contributed by atoms with Crippen LogP contribution >= 0.6 is 11.3 Å². The van der Waals surface area contributed by atoms with Gasteiger partial charge in [-0.15, -0.1) is 11.3 Å². The molecule has 2 aromatic heterocycles. The number of nitrogens with one attached hydrogen (secondary N) is 1. The molecule has 0 aliphatic rings. The van der Waals surface area contributed by atoms with Crippen molar-refractivity contribution in [3.8, 4) is 5.88 Å². The number of hydrogen-bond donors (Lipinski definition) is 1. The molecule has 0 bridgehead atoms. The van der Waals surface area contributed by atoms with Crippen LogP contribution in [0.2, 0.25) is 0 Å². The van der Waals surface area contributed by atoms with Gasteiger partial charge < -0.3 is 10.1 Å². The fourth-order valence-electron chi connectivity index (χ4n) is 2.73. The van der Waals surface area contributed by atoms with Crippen molar-refractivity contribution in [1.29, 1.82) is 0 Å². The van der Waals surface area contributed by atoms with Gasteiger partial charge in [-0.25, -0.2) is 9.97 Å². The Bertz CT molecular complexity index is 1110. The fraction of sp³-hybridized carbons (Fsp3) is 0.0870. The first-order valence-electron chi connectivity index (χ1n) is 9.19. The lowest BCUT2D eigenvalue weighted by atomic mass is 10.2. The van der Waals surface area contributed by atoms with Crippen LogP contribution in [-0.4, -0.2) is 15.9 Å². The quantitative estimate of drug-likeness (QED) is 0.460. The highest BCUT2D eigenvalue weighted by molar-refractivity contribution is 7.19. The number of fused-ring (bicyclic) bond motifs is 1. The first-order chi connectivity index (χ1) is 14.3. The molecule has 2 aromatic carbocycles. The van der Waals surface area contributed by atoms with E-state index in [-0.39, 0.29) is 5.91 Å². The van der Waals surface area contributed by atoms with Crippen molar-refractivity contribution in [3.05, 3.63) is 95.1 Å². The Morgan fingerprint density at radius 1 is 1.03 bits per heavy atom. The maximum atomic E-state index is 12.1. The maximum absolute atomic E-state index is 12.1. The standard InChI is InChI=1S/C23H19N3O2S/c27-21(10-11-23-26-19-8-4-5-9-20(19)29-23)25-15-18-12-13-24-22(14-18)28-16-17-6-2-1-3-7-17/h1-14H,15-16H2,(H,25,27)/b11-10+. The number of benzene rings is 2. The SMILES string of the molecule is O=C(/C=C/c1nc2ccccc2s1)NCc1ccnc(OCc2ccccc2)c1. The summed E-state index contributed by atoms with van der Waals surface area (Å²) in [5.74, 6) is 0.360. The second-order valence-corrected chi connectivity index (χ2v) is 7.41. The number of carbonyl (C=O) groups excluding carboxylic acids is 1. The van der Waals surface area contributed by atoms with Gasteiger partial charge in [-0.1, -0.05) is 42.5 Å². The molecule has 0 aliphatic heterocycles. The Balaban J connectivity index is 1.30. The average molecular weight is 401 g/mol. The molecule has 29 heavy (non-hydrogen) atoms. The summed E-state index contributed by atoms with van der Waals surface area (Å²) in [6.07, 6.45) is 4.92. The Labute approximate surface area is 172 Å². The van der Waals surface area contributed by atoms with Crippen LogP contribution in [0, 0.1) is 0 Å². The number of ether oxygens (including phenoxy) is 1. The minimum Gasteiger partial charge on any atom is -0.473 e. The van der Waals surface area contributed by atoms with Crippen molar-refractivity contribution in [2.45, 2.75) is 13.2 Å². The number of thiazole rings is 1. The first kappa shape index (κ1) is 18.8. The number of rotatable bonds is 7. The number of aromatic nitrogens is 2. The molecule has 0 saturated heterocycles. The van der Waals surface area contributed by atoms with E-state index in [0.29, 0.717) is 19.0 Å². The zero-order valence-corrected chi connectivity index (χ0v) is 16.4. The Morgan fingerprint density at radius 3 is 2.72 bits per heavy atom. The number of carbonyl (C=O) groups is 1. The molecule has 1 amide bonds. The zero-order chi connectivity index (χ0) is 19.9. The van der Waals surface area contributed by atoms with E-state index >= 15 is 0 Å². The molecule has 0 fully saturated rings. The third-order valence-electron chi connectivity index (χ3n) is 4.18. The van der Waals surface area contributed by atoms with Gasteiger partial charge in [-0.05, 0) is 35.4 Å². The number of pyridine rings is 1. The third kappa shape index (κ3) is 5.27. The number of para-hydroxylation sites is 1. The lowest BCUT2D eigenvalue weighted by molar-refractivity contribution is -0.116. The van der Waals surface area contributed by atoms with E-state index in [1.54, 1.807) is 23.6 Å². The van der Waals surface area contributed by atoms with Crippen LogP contribution in [-0.2, 0) is 17.9 Å². The van der Waals surface area contributed by atoms with Crippen molar-refractivity contribution in [2.75, 3.05) is 0 Å². The highest BCUT2D eigenvalue weighted by Crippen LogP contribution is 2.22. The van der Waals surface area contributed by atoms with Crippen LogP contribution in [0.4, 0.5) is 0 Å². The Kier molecular flexibility index (Phi) is 5.92. The van der Waals surface area contributed by atoms with E-state index in [1.807, 2.05) is 66.7 Å². The van der Waals surface area contributed by atoms with Gasteiger partial charge in [-0.2, -0.15) is 0 Å². The normalized spacial score (nSPS) is 11.0. The summed E-state index contributed by atoms with van der Waals surface area (Å²) in [4.78, 5) is 20.8. The molecule has 0 atom stereocenters. The van der Waals surface area contributed by atoms with E-state index in [4.69, 9.17) is 4.74 Å². The summed E-state index contributed by atoms with van der Waals surface area (Å²) in [6.45, 7) is 0.849. The molecular weight excluding hydrogens is 382 g/mol. The van der Waals surface area contributed by atoms with E-state index in [1.165, 1.54) is 6.08 Å². The van der Waals surface area contributed by atoms with Crippen molar-refractivity contribution >= 4 is 33.5 Å². The summed E-state index contributed by atoms with van der Waals surface area (Å²) in [5, 5.41) is 3.68. The molecule has 0 saturated carbocycles. The van der Waals surface area contributed by atoms with Gasteiger partial charge in [0.25, 0.3) is 0 Å². The van der Waals surface area contributed by atoms with E-state index in [2.05, 4.69) is 15.3 Å². The third-order valence-corrected chi connectivity index (χ3v) is 5.18. The minimum atomic E-state index is -0.173. The molecule has 0 aliphatic carbocycles. The minimum absolute atomic E-state index is 0.173. The van der Waals surface area contributed by atoms with Crippen molar-refractivity contribution in [2.24, 2.45) is 0 Å². The second-order valence-electron chi connectivity index (χ2n) is 6.35. The fourth-order valence-corrected chi connectivity index (χ4v) is 3.60. The monoisotopic (exact) mass is 401 g/mol. The first-order valence-corrected chi connectivity index (χ1v) is 10.0. The van der Waals surface area contributed by atoms with Gasteiger partial charge in [0.15, 0.2) is 0 Å². The molecule has 6 heteroatoms. The second kappa shape index (κ2) is 9.12. The molecular formula is C23H19N3O2S. The Hall–Kier alpha value is -3.51. The van der Waals surface area contributed by atoms with Crippen LogP contribution < -0.4 is 10.1 Å². The van der Waals surface area contributed by atoms with Crippen molar-refractivity contribution in [1.82, 2.24) is 15.3 Å². The van der Waals surface area contributed by atoms with Gasteiger partial charge in [0.1, 0.15) is 11.6 Å². The molecule has 0 unspecified atom stereocenters. The van der Waals surface area contributed by atoms with Crippen LogP contribution in [0.3, 0.4) is 0 Å². The number of hydrogen-bond acceptors (Lipinski definition) is 5. The lowest BCUT2D eigenvalue weighted by Gasteiger charge is -2.07. The van der Waals surface area contributed by atoms with Crippen LogP contribution in [0.25, 0.3) is 16.3 Å². The molecule has 0 radical (unpaired) electrons.